The number of furan rings is 1. The second-order valence-electron chi connectivity index (χ2n) is 6.66. The Morgan fingerprint density at radius 1 is 1.17 bits per heavy atom. The molecule has 2 rings (SSSR count). The number of halogens is 4. The zero-order chi connectivity index (χ0) is 21.1. The van der Waals surface area contributed by atoms with Crippen LogP contribution in [0.5, 0.6) is 0 Å². The van der Waals surface area contributed by atoms with Gasteiger partial charge in [0.1, 0.15) is 12.4 Å². The summed E-state index contributed by atoms with van der Waals surface area (Å²) in [6.45, 7) is 6.02. The van der Waals surface area contributed by atoms with Gasteiger partial charge in [-0.2, -0.15) is 13.2 Å². The van der Waals surface area contributed by atoms with Crippen molar-refractivity contribution in [1.29, 1.82) is 0 Å². The highest BCUT2D eigenvalue weighted by atomic mass is 127. The predicted molar refractivity (Wildman–Crippen MR) is 122 cm³/mol. The Morgan fingerprint density at radius 3 is 2.60 bits per heavy atom. The number of nitrogens with one attached hydrogen (secondary N) is 2. The van der Waals surface area contributed by atoms with E-state index in [0.717, 1.165) is 16.9 Å². The molecule has 30 heavy (non-hydrogen) atoms. The van der Waals surface area contributed by atoms with Crippen molar-refractivity contribution in [2.24, 2.45) is 4.99 Å². The first-order valence-electron chi connectivity index (χ1n) is 9.23. The Labute approximate surface area is 191 Å². The molecule has 0 saturated heterocycles. The monoisotopic (exact) mass is 537 g/mol. The number of nitrogens with zero attached hydrogens (tertiary/aromatic N) is 1. The Balaban J connectivity index is 0.00000450. The lowest BCUT2D eigenvalue weighted by Crippen LogP contribution is -2.39. The Kier molecular flexibility index (Phi) is 11.6. The normalized spacial score (nSPS) is 11.7. The minimum absolute atomic E-state index is 0. The van der Waals surface area contributed by atoms with E-state index < -0.39 is 12.8 Å². The van der Waals surface area contributed by atoms with Crippen molar-refractivity contribution in [3.8, 4) is 0 Å². The van der Waals surface area contributed by atoms with Crippen LogP contribution in [0.25, 0.3) is 0 Å². The smallest absolute Gasteiger partial charge is 0.411 e. The van der Waals surface area contributed by atoms with E-state index >= 15 is 0 Å². The van der Waals surface area contributed by atoms with Crippen LogP contribution in [0.1, 0.15) is 23.8 Å². The fraction of sp³-hybridized carbons (Fsp3) is 0.381. The predicted octanol–water partition coefficient (Wildman–Crippen LogP) is 4.83. The molecule has 2 N–H and O–H groups in total. The largest absolute Gasteiger partial charge is 0.469 e. The average molecular weight is 537 g/mol. The van der Waals surface area contributed by atoms with E-state index in [9.17, 15) is 13.2 Å². The molecule has 0 atom stereocenters. The summed E-state index contributed by atoms with van der Waals surface area (Å²) in [7, 11) is 0. The molecule has 0 aliphatic rings. The first-order chi connectivity index (χ1) is 13.8. The van der Waals surface area contributed by atoms with Gasteiger partial charge >= 0.3 is 6.18 Å². The van der Waals surface area contributed by atoms with Crippen LogP contribution in [0.2, 0.25) is 0 Å². The minimum atomic E-state index is -4.33. The van der Waals surface area contributed by atoms with E-state index in [1.54, 1.807) is 24.5 Å². The maximum absolute atomic E-state index is 12.2. The lowest BCUT2D eigenvalue weighted by atomic mass is 10.1. The van der Waals surface area contributed by atoms with Crippen molar-refractivity contribution >= 4 is 29.9 Å². The van der Waals surface area contributed by atoms with Gasteiger partial charge in [0.25, 0.3) is 0 Å². The fourth-order valence-corrected chi connectivity index (χ4v) is 2.44. The van der Waals surface area contributed by atoms with Gasteiger partial charge in [-0.3, -0.25) is 0 Å². The maximum Gasteiger partial charge on any atom is 0.411 e. The van der Waals surface area contributed by atoms with Crippen molar-refractivity contribution in [3.05, 3.63) is 71.7 Å². The Morgan fingerprint density at radius 2 is 1.93 bits per heavy atom. The average Bonchev–Trinajstić information content (AvgIpc) is 3.16. The highest BCUT2D eigenvalue weighted by molar-refractivity contribution is 14.0. The van der Waals surface area contributed by atoms with Crippen LogP contribution >= 0.6 is 24.0 Å². The van der Waals surface area contributed by atoms with Crippen LogP contribution in [0.3, 0.4) is 0 Å². The summed E-state index contributed by atoms with van der Waals surface area (Å²) < 4.78 is 46.6. The van der Waals surface area contributed by atoms with E-state index in [0.29, 0.717) is 37.6 Å². The van der Waals surface area contributed by atoms with Crippen LogP contribution in [0, 0.1) is 0 Å². The van der Waals surface area contributed by atoms with Crippen LogP contribution in [0.15, 0.2) is 64.2 Å². The van der Waals surface area contributed by atoms with Crippen molar-refractivity contribution in [2.45, 2.75) is 32.7 Å². The number of rotatable bonds is 10. The standard InChI is InChI=1S/C21H26F3N3O2.HI/c1-16(2)12-26-20(25-9-8-19-7-4-10-29-19)27-13-17-5-3-6-18(11-17)14-28-15-21(22,23)24;/h3-7,10-11H,1,8-9,12-15H2,2H3,(H2,25,26,27);1H. The third kappa shape index (κ3) is 11.2. The summed E-state index contributed by atoms with van der Waals surface area (Å²) in [6.07, 6.45) is -1.98. The van der Waals surface area contributed by atoms with Crippen LogP contribution in [-0.4, -0.2) is 31.8 Å². The van der Waals surface area contributed by atoms with Gasteiger partial charge in [0.05, 0.1) is 19.4 Å². The zero-order valence-electron chi connectivity index (χ0n) is 16.8. The molecule has 5 nitrogen and oxygen atoms in total. The van der Waals surface area contributed by atoms with Gasteiger partial charge in [-0.05, 0) is 30.2 Å². The molecule has 0 unspecified atom stereocenters. The highest BCUT2D eigenvalue weighted by Gasteiger charge is 2.27. The summed E-state index contributed by atoms with van der Waals surface area (Å²) in [5.74, 6) is 1.50. The lowest BCUT2D eigenvalue weighted by molar-refractivity contribution is -0.176. The summed E-state index contributed by atoms with van der Waals surface area (Å²) >= 11 is 0. The zero-order valence-corrected chi connectivity index (χ0v) is 19.1. The molecular formula is C21H27F3IN3O2. The summed E-state index contributed by atoms with van der Waals surface area (Å²) in [5, 5.41) is 6.43. The van der Waals surface area contributed by atoms with E-state index in [1.165, 1.54) is 0 Å². The van der Waals surface area contributed by atoms with Gasteiger partial charge in [0.2, 0.25) is 0 Å². The van der Waals surface area contributed by atoms with Crippen molar-refractivity contribution in [1.82, 2.24) is 10.6 Å². The van der Waals surface area contributed by atoms with Crippen LogP contribution in [-0.2, 0) is 24.3 Å². The molecule has 0 aliphatic heterocycles. The minimum Gasteiger partial charge on any atom is -0.469 e. The van der Waals surface area contributed by atoms with Gasteiger partial charge in [0, 0.05) is 19.5 Å². The number of benzene rings is 1. The second kappa shape index (κ2) is 13.3. The maximum atomic E-state index is 12.2. The Hall–Kier alpha value is -2.01. The lowest BCUT2D eigenvalue weighted by Gasteiger charge is -2.12. The van der Waals surface area contributed by atoms with Gasteiger partial charge in [0.15, 0.2) is 5.96 Å². The molecule has 0 saturated carbocycles. The molecule has 166 valence electrons. The van der Waals surface area contributed by atoms with Crippen molar-refractivity contribution < 1.29 is 22.3 Å². The molecule has 1 aromatic carbocycles. The van der Waals surface area contributed by atoms with E-state index in [-0.39, 0.29) is 30.6 Å². The molecule has 1 aromatic heterocycles. The Bertz CT molecular complexity index is 793. The van der Waals surface area contributed by atoms with E-state index in [4.69, 9.17) is 9.15 Å². The molecular weight excluding hydrogens is 510 g/mol. The summed E-state index contributed by atoms with van der Waals surface area (Å²) in [6, 6.07) is 10.9. The third-order valence-electron chi connectivity index (χ3n) is 3.75. The topological polar surface area (TPSA) is 58.8 Å². The van der Waals surface area contributed by atoms with Crippen molar-refractivity contribution in [2.75, 3.05) is 19.7 Å². The first kappa shape index (κ1) is 26.0. The van der Waals surface area contributed by atoms with Gasteiger partial charge in [-0.15, -0.1) is 24.0 Å². The fourth-order valence-electron chi connectivity index (χ4n) is 2.44. The molecule has 0 fully saturated rings. The molecule has 1 heterocycles. The highest BCUT2D eigenvalue weighted by Crippen LogP contribution is 2.16. The number of guanidine groups is 1. The molecule has 0 spiro atoms. The molecule has 0 amide bonds. The molecule has 0 bridgehead atoms. The van der Waals surface area contributed by atoms with Gasteiger partial charge < -0.3 is 19.8 Å². The summed E-state index contributed by atoms with van der Waals surface area (Å²) in [5.41, 5.74) is 2.51. The van der Waals surface area contributed by atoms with Crippen LogP contribution < -0.4 is 10.6 Å². The molecule has 2 aromatic rings. The van der Waals surface area contributed by atoms with E-state index in [1.807, 2.05) is 25.1 Å². The number of hydrogen-bond acceptors (Lipinski definition) is 3. The third-order valence-corrected chi connectivity index (χ3v) is 3.75. The number of ether oxygens (including phenoxy) is 1. The summed E-state index contributed by atoms with van der Waals surface area (Å²) in [4.78, 5) is 4.55. The number of aliphatic imine (C=N–C) groups is 1. The second-order valence-corrected chi connectivity index (χ2v) is 6.66. The first-order valence-corrected chi connectivity index (χ1v) is 9.23. The number of hydrogen-bond donors (Lipinski definition) is 2. The SMILES string of the molecule is C=C(C)CNC(=NCc1cccc(COCC(F)(F)F)c1)NCCc1ccco1.I. The molecule has 9 heteroatoms. The number of alkyl halides is 3. The molecule has 0 aliphatic carbocycles. The van der Waals surface area contributed by atoms with E-state index in [2.05, 4.69) is 22.2 Å². The molecule has 0 radical (unpaired) electrons. The van der Waals surface area contributed by atoms with Crippen LogP contribution in [0.4, 0.5) is 13.2 Å². The quantitative estimate of drug-likeness (QED) is 0.197. The van der Waals surface area contributed by atoms with Gasteiger partial charge in [-0.1, -0.05) is 36.4 Å². The van der Waals surface area contributed by atoms with Crippen molar-refractivity contribution in [3.63, 3.8) is 0 Å². The van der Waals surface area contributed by atoms with Gasteiger partial charge in [-0.25, -0.2) is 4.99 Å².